The van der Waals surface area contributed by atoms with Crippen LogP contribution >= 0.6 is 0 Å². The number of alkyl halides is 1. The smallest absolute Gasteiger partial charge is 0.121 e. The van der Waals surface area contributed by atoms with Crippen LogP contribution in [-0.4, -0.2) is 11.3 Å². The van der Waals surface area contributed by atoms with E-state index in [4.69, 9.17) is 5.11 Å². The summed E-state index contributed by atoms with van der Waals surface area (Å²) in [6.07, 6.45) is 2.70. The van der Waals surface area contributed by atoms with Crippen molar-refractivity contribution < 1.29 is 9.50 Å². The molecule has 0 spiro atoms. The SMILES string of the molecule is CC.CCC(F)/C(C)=C/C=C(\C)O. The van der Waals surface area contributed by atoms with E-state index in [1.54, 1.807) is 26.8 Å². The highest BCUT2D eigenvalue weighted by atomic mass is 19.1. The highest BCUT2D eigenvalue weighted by Crippen LogP contribution is 2.09. The molecule has 0 bridgehead atoms. The molecular weight excluding hydrogens is 167 g/mol. The van der Waals surface area contributed by atoms with Crippen molar-refractivity contribution in [3.05, 3.63) is 23.5 Å². The average Bonchev–Trinajstić information content (AvgIpc) is 2.16. The molecule has 0 amide bonds. The van der Waals surface area contributed by atoms with Crippen LogP contribution in [0.3, 0.4) is 0 Å². The summed E-state index contributed by atoms with van der Waals surface area (Å²) in [4.78, 5) is 0. The molecule has 0 fully saturated rings. The normalized spacial score (nSPS) is 14.6. The Morgan fingerprint density at radius 2 is 1.77 bits per heavy atom. The molecule has 0 aromatic carbocycles. The monoisotopic (exact) mass is 188 g/mol. The number of rotatable bonds is 3. The molecule has 0 aliphatic carbocycles. The Bertz CT molecular complexity index is 167. The van der Waals surface area contributed by atoms with Gasteiger partial charge in [-0.1, -0.05) is 26.8 Å². The highest BCUT2D eigenvalue weighted by molar-refractivity contribution is 5.15. The van der Waals surface area contributed by atoms with Crippen molar-refractivity contribution >= 4 is 0 Å². The summed E-state index contributed by atoms with van der Waals surface area (Å²) >= 11 is 0. The van der Waals surface area contributed by atoms with Crippen LogP contribution in [0, 0.1) is 0 Å². The first kappa shape index (κ1) is 14.7. The third-order valence-corrected chi connectivity index (χ3v) is 1.44. The molecule has 0 heterocycles. The minimum atomic E-state index is -0.884. The van der Waals surface area contributed by atoms with Crippen molar-refractivity contribution in [2.24, 2.45) is 0 Å². The summed E-state index contributed by atoms with van der Waals surface area (Å²) in [5, 5.41) is 8.75. The fourth-order valence-electron chi connectivity index (χ4n) is 0.678. The lowest BCUT2D eigenvalue weighted by Gasteiger charge is -2.02. The third kappa shape index (κ3) is 9.12. The second-order valence-corrected chi connectivity index (χ2v) is 2.59. The van der Waals surface area contributed by atoms with Gasteiger partial charge in [-0.05, 0) is 31.9 Å². The van der Waals surface area contributed by atoms with E-state index in [9.17, 15) is 4.39 Å². The largest absolute Gasteiger partial charge is 0.513 e. The maximum absolute atomic E-state index is 12.8. The van der Waals surface area contributed by atoms with Gasteiger partial charge in [0.2, 0.25) is 0 Å². The summed E-state index contributed by atoms with van der Waals surface area (Å²) < 4.78 is 12.8. The van der Waals surface area contributed by atoms with Gasteiger partial charge >= 0.3 is 0 Å². The summed E-state index contributed by atoms with van der Waals surface area (Å²) in [6.45, 7) is 9.06. The Kier molecular flexibility index (Phi) is 10.5. The number of hydrogen-bond donors (Lipinski definition) is 1. The van der Waals surface area contributed by atoms with Gasteiger partial charge in [0.1, 0.15) is 6.17 Å². The predicted molar refractivity (Wildman–Crippen MR) is 56.7 cm³/mol. The van der Waals surface area contributed by atoms with E-state index in [-0.39, 0.29) is 5.76 Å². The van der Waals surface area contributed by atoms with E-state index in [0.717, 1.165) is 0 Å². The molecule has 2 heteroatoms. The van der Waals surface area contributed by atoms with Crippen LogP contribution in [0.4, 0.5) is 4.39 Å². The molecule has 1 atom stereocenters. The van der Waals surface area contributed by atoms with Crippen molar-refractivity contribution in [1.82, 2.24) is 0 Å². The molecule has 0 saturated heterocycles. The number of aliphatic hydroxyl groups excluding tert-OH is 1. The zero-order valence-corrected chi connectivity index (χ0v) is 9.26. The number of aliphatic hydroxyl groups is 1. The highest BCUT2D eigenvalue weighted by Gasteiger charge is 2.02. The fourth-order valence-corrected chi connectivity index (χ4v) is 0.678. The molecule has 13 heavy (non-hydrogen) atoms. The van der Waals surface area contributed by atoms with Crippen LogP contribution in [0.25, 0.3) is 0 Å². The second-order valence-electron chi connectivity index (χ2n) is 2.59. The first-order chi connectivity index (χ1) is 6.07. The van der Waals surface area contributed by atoms with Gasteiger partial charge in [-0.3, -0.25) is 0 Å². The summed E-state index contributed by atoms with van der Waals surface area (Å²) in [6, 6.07) is 0. The van der Waals surface area contributed by atoms with Gasteiger partial charge < -0.3 is 5.11 Å². The quantitative estimate of drug-likeness (QED) is 0.520. The zero-order chi connectivity index (χ0) is 10.9. The van der Waals surface area contributed by atoms with E-state index < -0.39 is 6.17 Å². The molecule has 0 aliphatic rings. The van der Waals surface area contributed by atoms with E-state index in [1.165, 1.54) is 6.08 Å². The topological polar surface area (TPSA) is 20.2 Å². The molecule has 0 aliphatic heterocycles. The van der Waals surface area contributed by atoms with Gasteiger partial charge in [0, 0.05) is 0 Å². The summed E-state index contributed by atoms with van der Waals surface area (Å²) in [7, 11) is 0. The molecular formula is C11H21FO. The lowest BCUT2D eigenvalue weighted by Crippen LogP contribution is -1.98. The van der Waals surface area contributed by atoms with E-state index in [2.05, 4.69) is 0 Å². The molecule has 0 aromatic heterocycles. The number of allylic oxidation sites excluding steroid dienone is 4. The lowest BCUT2D eigenvalue weighted by atomic mass is 10.1. The van der Waals surface area contributed by atoms with Crippen LogP contribution in [0.15, 0.2) is 23.5 Å². The molecule has 1 N–H and O–H groups in total. The van der Waals surface area contributed by atoms with E-state index >= 15 is 0 Å². The van der Waals surface area contributed by atoms with Gasteiger partial charge in [-0.25, -0.2) is 4.39 Å². The zero-order valence-electron chi connectivity index (χ0n) is 9.26. The van der Waals surface area contributed by atoms with Crippen LogP contribution < -0.4 is 0 Å². The Morgan fingerprint density at radius 3 is 2.08 bits per heavy atom. The van der Waals surface area contributed by atoms with Crippen molar-refractivity contribution in [3.63, 3.8) is 0 Å². The van der Waals surface area contributed by atoms with Crippen LogP contribution in [-0.2, 0) is 0 Å². The summed E-state index contributed by atoms with van der Waals surface area (Å²) in [5.41, 5.74) is 0.654. The van der Waals surface area contributed by atoms with Crippen LogP contribution in [0.5, 0.6) is 0 Å². The van der Waals surface area contributed by atoms with Gasteiger partial charge in [-0.15, -0.1) is 0 Å². The standard InChI is InChI=1S/C9H15FO.C2H6/c1-4-9(10)7(2)5-6-8(3)11;1-2/h5-6,9,11H,4H2,1-3H3;1-2H3/b7-5+,8-6+;. The molecule has 0 rings (SSSR count). The lowest BCUT2D eigenvalue weighted by molar-refractivity contribution is 0.372. The van der Waals surface area contributed by atoms with Crippen molar-refractivity contribution in [2.45, 2.75) is 47.2 Å². The molecule has 0 aromatic rings. The first-order valence-corrected chi connectivity index (χ1v) is 4.76. The van der Waals surface area contributed by atoms with Gasteiger partial charge in [-0.2, -0.15) is 0 Å². The second kappa shape index (κ2) is 9.30. The van der Waals surface area contributed by atoms with E-state index in [1.807, 2.05) is 13.8 Å². The average molecular weight is 188 g/mol. The van der Waals surface area contributed by atoms with Crippen molar-refractivity contribution in [2.75, 3.05) is 0 Å². The first-order valence-electron chi connectivity index (χ1n) is 4.76. The Labute approximate surface area is 81.0 Å². The predicted octanol–water partition coefficient (Wildman–Crippen LogP) is 4.17. The molecule has 0 saturated carbocycles. The van der Waals surface area contributed by atoms with Crippen LogP contribution in [0.1, 0.15) is 41.0 Å². The Morgan fingerprint density at radius 1 is 1.31 bits per heavy atom. The molecule has 1 nitrogen and oxygen atoms in total. The summed E-state index contributed by atoms with van der Waals surface area (Å²) in [5.74, 6) is 0.202. The van der Waals surface area contributed by atoms with Crippen molar-refractivity contribution in [3.8, 4) is 0 Å². The third-order valence-electron chi connectivity index (χ3n) is 1.44. The fraction of sp³-hybridized carbons (Fsp3) is 0.636. The van der Waals surface area contributed by atoms with Crippen LogP contribution in [0.2, 0.25) is 0 Å². The minimum Gasteiger partial charge on any atom is -0.513 e. The maximum atomic E-state index is 12.8. The van der Waals surface area contributed by atoms with Gasteiger partial charge in [0.15, 0.2) is 0 Å². The van der Waals surface area contributed by atoms with Crippen molar-refractivity contribution in [1.29, 1.82) is 0 Å². The Balaban J connectivity index is 0. The molecule has 78 valence electrons. The van der Waals surface area contributed by atoms with Gasteiger partial charge in [0.05, 0.1) is 5.76 Å². The molecule has 1 unspecified atom stereocenters. The minimum absolute atomic E-state index is 0.202. The maximum Gasteiger partial charge on any atom is 0.121 e. The van der Waals surface area contributed by atoms with E-state index in [0.29, 0.717) is 12.0 Å². The number of halogens is 1. The number of hydrogen-bond acceptors (Lipinski definition) is 1. The molecule has 0 radical (unpaired) electrons. The van der Waals surface area contributed by atoms with Gasteiger partial charge in [0.25, 0.3) is 0 Å². The Hall–Kier alpha value is -0.790.